The van der Waals surface area contributed by atoms with Gasteiger partial charge in [0.25, 0.3) is 5.91 Å². The maximum Gasteiger partial charge on any atom is 0.328 e. The number of hydrogen-bond acceptors (Lipinski definition) is 3. The first-order chi connectivity index (χ1) is 8.90. The van der Waals surface area contributed by atoms with E-state index in [1.165, 1.54) is 13.0 Å². The van der Waals surface area contributed by atoms with Crippen LogP contribution in [0.4, 0.5) is 0 Å². The molecule has 0 aromatic carbocycles. The third-order valence-electron chi connectivity index (χ3n) is 3.02. The molecule has 1 saturated carbocycles. The first kappa shape index (κ1) is 13.9. The lowest BCUT2D eigenvalue weighted by Crippen LogP contribution is -2.48. The first-order valence-corrected chi connectivity index (χ1v) is 6.37. The molecule has 6 nitrogen and oxygen atoms in total. The van der Waals surface area contributed by atoms with E-state index in [-0.39, 0.29) is 6.04 Å². The van der Waals surface area contributed by atoms with Gasteiger partial charge in [0.05, 0.1) is 11.1 Å². The standard InChI is InChI=1S/C12H15ClN2O4/c1-6(16)10(12(18)19)14-11(17)9-4-7(13)5-15(9)8-2-3-8/h4-6,8,10,16H,2-3H2,1H3,(H,14,17)(H,18,19)/t6-,10+/m1/s1. The summed E-state index contributed by atoms with van der Waals surface area (Å²) >= 11 is 5.88. The minimum Gasteiger partial charge on any atom is -0.480 e. The van der Waals surface area contributed by atoms with Gasteiger partial charge in [-0.3, -0.25) is 4.79 Å². The van der Waals surface area contributed by atoms with Gasteiger partial charge in [-0.05, 0) is 25.8 Å². The molecule has 0 unspecified atom stereocenters. The fourth-order valence-corrected chi connectivity index (χ4v) is 2.09. The van der Waals surface area contributed by atoms with Crippen molar-refractivity contribution in [2.75, 3.05) is 0 Å². The molecular formula is C12H15ClN2O4. The van der Waals surface area contributed by atoms with Gasteiger partial charge < -0.3 is 20.1 Å². The van der Waals surface area contributed by atoms with Crippen molar-refractivity contribution in [1.82, 2.24) is 9.88 Å². The van der Waals surface area contributed by atoms with Gasteiger partial charge in [0.1, 0.15) is 5.69 Å². The number of nitrogens with one attached hydrogen (secondary N) is 1. The van der Waals surface area contributed by atoms with E-state index in [0.717, 1.165) is 12.8 Å². The molecule has 1 fully saturated rings. The summed E-state index contributed by atoms with van der Waals surface area (Å²) < 4.78 is 1.75. The van der Waals surface area contributed by atoms with E-state index in [4.69, 9.17) is 16.7 Å². The van der Waals surface area contributed by atoms with E-state index in [0.29, 0.717) is 10.7 Å². The average molecular weight is 287 g/mol. The number of rotatable bonds is 5. The van der Waals surface area contributed by atoms with Crippen LogP contribution in [-0.4, -0.2) is 38.8 Å². The molecule has 1 heterocycles. The molecule has 0 spiro atoms. The smallest absolute Gasteiger partial charge is 0.328 e. The Kier molecular flexibility index (Phi) is 3.82. The third-order valence-corrected chi connectivity index (χ3v) is 3.23. The van der Waals surface area contributed by atoms with Gasteiger partial charge in [-0.2, -0.15) is 0 Å². The second-order valence-electron chi connectivity index (χ2n) is 4.71. The topological polar surface area (TPSA) is 91.6 Å². The zero-order valence-corrected chi connectivity index (χ0v) is 11.1. The predicted octanol–water partition coefficient (Wildman–Crippen LogP) is 1.04. The number of nitrogens with zero attached hydrogens (tertiary/aromatic N) is 1. The largest absolute Gasteiger partial charge is 0.480 e. The Labute approximate surface area is 115 Å². The van der Waals surface area contributed by atoms with E-state index in [1.54, 1.807) is 10.8 Å². The number of amides is 1. The van der Waals surface area contributed by atoms with Crippen molar-refractivity contribution in [3.8, 4) is 0 Å². The number of carboxylic acid groups (broad SMARTS) is 1. The Bertz CT molecular complexity index is 508. The van der Waals surface area contributed by atoms with Crippen LogP contribution in [0.25, 0.3) is 0 Å². The minimum absolute atomic E-state index is 0.253. The van der Waals surface area contributed by atoms with Crippen LogP contribution in [0.3, 0.4) is 0 Å². The highest BCUT2D eigenvalue weighted by Crippen LogP contribution is 2.37. The van der Waals surface area contributed by atoms with E-state index in [9.17, 15) is 14.7 Å². The number of carboxylic acids is 1. The minimum atomic E-state index is -1.34. The van der Waals surface area contributed by atoms with Crippen LogP contribution in [0, 0.1) is 0 Å². The quantitative estimate of drug-likeness (QED) is 0.754. The molecule has 1 aliphatic carbocycles. The summed E-state index contributed by atoms with van der Waals surface area (Å²) in [6.45, 7) is 1.31. The fourth-order valence-electron chi connectivity index (χ4n) is 1.89. The van der Waals surface area contributed by atoms with Gasteiger partial charge in [0.15, 0.2) is 6.04 Å². The van der Waals surface area contributed by atoms with Crippen molar-refractivity contribution in [3.63, 3.8) is 0 Å². The van der Waals surface area contributed by atoms with Crippen LogP contribution in [0.5, 0.6) is 0 Å². The van der Waals surface area contributed by atoms with Crippen molar-refractivity contribution in [3.05, 3.63) is 23.0 Å². The Balaban J connectivity index is 2.17. The Morgan fingerprint density at radius 3 is 2.63 bits per heavy atom. The molecule has 0 aliphatic heterocycles. The Hall–Kier alpha value is -1.53. The molecule has 1 aliphatic rings. The molecule has 1 aromatic rings. The number of halogens is 1. The lowest BCUT2D eigenvalue weighted by atomic mass is 10.2. The number of aromatic nitrogens is 1. The third kappa shape index (κ3) is 3.08. The average Bonchev–Trinajstić information content (AvgIpc) is 3.08. The summed E-state index contributed by atoms with van der Waals surface area (Å²) in [5.41, 5.74) is 0.319. The number of carbonyl (C=O) groups excluding carboxylic acids is 1. The van der Waals surface area contributed by atoms with Crippen LogP contribution >= 0.6 is 11.6 Å². The molecular weight excluding hydrogens is 272 g/mol. The summed E-state index contributed by atoms with van der Waals surface area (Å²) in [6, 6.07) is 0.410. The summed E-state index contributed by atoms with van der Waals surface area (Å²) in [5.74, 6) is -1.83. The van der Waals surface area contributed by atoms with E-state index < -0.39 is 24.0 Å². The highest BCUT2D eigenvalue weighted by atomic mass is 35.5. The normalized spacial score (nSPS) is 17.8. The van der Waals surface area contributed by atoms with E-state index in [2.05, 4.69) is 5.32 Å². The second kappa shape index (κ2) is 5.22. The summed E-state index contributed by atoms with van der Waals surface area (Å²) in [4.78, 5) is 23.0. The van der Waals surface area contributed by atoms with Crippen LogP contribution in [0.15, 0.2) is 12.3 Å². The van der Waals surface area contributed by atoms with Crippen molar-refractivity contribution < 1.29 is 19.8 Å². The van der Waals surface area contributed by atoms with Crippen molar-refractivity contribution >= 4 is 23.5 Å². The van der Waals surface area contributed by atoms with Crippen molar-refractivity contribution in [2.45, 2.75) is 38.0 Å². The number of aliphatic hydroxyl groups is 1. The molecule has 104 valence electrons. The van der Waals surface area contributed by atoms with Gasteiger partial charge in [0, 0.05) is 12.2 Å². The van der Waals surface area contributed by atoms with Gasteiger partial charge in [0.2, 0.25) is 0 Å². The zero-order valence-electron chi connectivity index (χ0n) is 10.3. The molecule has 2 rings (SSSR count). The molecule has 2 atom stereocenters. The number of aliphatic carboxylic acids is 1. The number of hydrogen-bond donors (Lipinski definition) is 3. The lowest BCUT2D eigenvalue weighted by molar-refractivity contribution is -0.141. The lowest BCUT2D eigenvalue weighted by Gasteiger charge is -2.17. The van der Waals surface area contributed by atoms with Gasteiger partial charge in [-0.25, -0.2) is 4.79 Å². The summed E-state index contributed by atoms with van der Waals surface area (Å²) in [7, 11) is 0. The van der Waals surface area contributed by atoms with Crippen LogP contribution in [-0.2, 0) is 4.79 Å². The molecule has 19 heavy (non-hydrogen) atoms. The van der Waals surface area contributed by atoms with Crippen LogP contribution in [0.2, 0.25) is 5.02 Å². The fraction of sp³-hybridized carbons (Fsp3) is 0.500. The molecule has 7 heteroatoms. The Morgan fingerprint density at radius 1 is 1.53 bits per heavy atom. The number of aliphatic hydroxyl groups excluding tert-OH is 1. The van der Waals surface area contributed by atoms with Crippen molar-refractivity contribution in [1.29, 1.82) is 0 Å². The van der Waals surface area contributed by atoms with E-state index >= 15 is 0 Å². The highest BCUT2D eigenvalue weighted by Gasteiger charge is 2.30. The molecule has 1 aromatic heterocycles. The first-order valence-electron chi connectivity index (χ1n) is 5.99. The molecule has 1 amide bonds. The monoisotopic (exact) mass is 286 g/mol. The van der Waals surface area contributed by atoms with Crippen molar-refractivity contribution in [2.24, 2.45) is 0 Å². The second-order valence-corrected chi connectivity index (χ2v) is 5.15. The predicted molar refractivity (Wildman–Crippen MR) is 68.3 cm³/mol. The SMILES string of the molecule is C[C@@H](O)[C@H](NC(=O)c1cc(Cl)cn1C1CC1)C(=O)O. The highest BCUT2D eigenvalue weighted by molar-refractivity contribution is 6.31. The maximum atomic E-state index is 12.1. The van der Waals surface area contributed by atoms with Crippen LogP contribution in [0.1, 0.15) is 36.3 Å². The number of carbonyl (C=O) groups is 2. The zero-order chi connectivity index (χ0) is 14.2. The molecule has 0 radical (unpaired) electrons. The molecule has 3 N–H and O–H groups in total. The van der Waals surface area contributed by atoms with Gasteiger partial charge in [-0.15, -0.1) is 0 Å². The molecule has 0 saturated heterocycles. The molecule has 0 bridgehead atoms. The van der Waals surface area contributed by atoms with Crippen LogP contribution < -0.4 is 5.32 Å². The summed E-state index contributed by atoms with van der Waals surface area (Å²) in [6.07, 6.45) is 2.43. The van der Waals surface area contributed by atoms with Gasteiger partial charge in [-0.1, -0.05) is 11.6 Å². The van der Waals surface area contributed by atoms with E-state index in [1.807, 2.05) is 0 Å². The van der Waals surface area contributed by atoms with Gasteiger partial charge >= 0.3 is 5.97 Å². The summed E-state index contributed by atoms with van der Waals surface area (Å²) in [5, 5.41) is 21.0. The Morgan fingerprint density at radius 2 is 2.16 bits per heavy atom. The maximum absolute atomic E-state index is 12.1.